The summed E-state index contributed by atoms with van der Waals surface area (Å²) in [5.74, 6) is 0.437. The van der Waals surface area contributed by atoms with Gasteiger partial charge in [0.25, 0.3) is 0 Å². The molecule has 0 aliphatic rings. The van der Waals surface area contributed by atoms with Gasteiger partial charge in [0.15, 0.2) is 5.96 Å². The van der Waals surface area contributed by atoms with Gasteiger partial charge in [-0.2, -0.15) is 0 Å². The monoisotopic (exact) mass is 219 g/mol. The van der Waals surface area contributed by atoms with Crippen molar-refractivity contribution in [1.82, 2.24) is 10.6 Å². The van der Waals surface area contributed by atoms with Crippen LogP contribution in [0.1, 0.15) is 18.1 Å². The Balaban J connectivity index is 2.47. The van der Waals surface area contributed by atoms with Gasteiger partial charge in [0, 0.05) is 13.1 Å². The van der Waals surface area contributed by atoms with Crippen molar-refractivity contribution in [3.63, 3.8) is 0 Å². The maximum atomic E-state index is 7.24. The van der Waals surface area contributed by atoms with Gasteiger partial charge < -0.3 is 16.4 Å². The molecule has 0 aliphatic carbocycles. The van der Waals surface area contributed by atoms with E-state index in [0.29, 0.717) is 18.9 Å². The summed E-state index contributed by atoms with van der Waals surface area (Å²) in [6.07, 6.45) is 0. The zero-order valence-corrected chi connectivity index (χ0v) is 9.30. The van der Waals surface area contributed by atoms with Crippen molar-refractivity contribution in [2.24, 2.45) is 5.73 Å². The normalized spacial score (nSPS) is 9.56. The highest BCUT2D eigenvalue weighted by atomic mass is 15.0. The van der Waals surface area contributed by atoms with Gasteiger partial charge >= 0.3 is 0 Å². The summed E-state index contributed by atoms with van der Waals surface area (Å²) in [4.78, 5) is 0. The molecule has 0 unspecified atom stereocenters. The van der Waals surface area contributed by atoms with Crippen LogP contribution in [0, 0.1) is 10.8 Å². The third-order valence-corrected chi connectivity index (χ3v) is 2.06. The number of nitrogens with one attached hydrogen (secondary N) is 4. The lowest BCUT2D eigenvalue weighted by atomic mass is 10.1. The number of nitrogens with two attached hydrogens (primary N) is 1. The van der Waals surface area contributed by atoms with Crippen molar-refractivity contribution in [2.75, 3.05) is 0 Å². The Morgan fingerprint density at radius 1 is 1.06 bits per heavy atom. The molecular weight excluding hydrogens is 202 g/mol. The van der Waals surface area contributed by atoms with Crippen LogP contribution in [0.3, 0.4) is 0 Å². The molecule has 0 fully saturated rings. The number of hydrogen-bond donors (Lipinski definition) is 5. The largest absolute Gasteiger partial charge is 0.370 e. The van der Waals surface area contributed by atoms with Crippen LogP contribution in [0.4, 0.5) is 0 Å². The van der Waals surface area contributed by atoms with Gasteiger partial charge in [-0.15, -0.1) is 0 Å². The van der Waals surface area contributed by atoms with E-state index in [2.05, 4.69) is 10.6 Å². The second-order valence-electron chi connectivity index (χ2n) is 3.56. The zero-order chi connectivity index (χ0) is 12.0. The molecule has 16 heavy (non-hydrogen) atoms. The SMILES string of the molecule is CC(=N)NCc1ccc(CNC(=N)N)cc1. The molecule has 0 aromatic heterocycles. The molecule has 0 amide bonds. The molecule has 1 aromatic rings. The molecule has 86 valence electrons. The third-order valence-electron chi connectivity index (χ3n) is 2.06. The first-order chi connectivity index (χ1) is 7.58. The molecule has 0 saturated carbocycles. The van der Waals surface area contributed by atoms with Crippen LogP contribution in [-0.4, -0.2) is 11.8 Å². The Kier molecular flexibility index (Phi) is 4.32. The zero-order valence-electron chi connectivity index (χ0n) is 9.30. The first-order valence-corrected chi connectivity index (χ1v) is 5.02. The van der Waals surface area contributed by atoms with Gasteiger partial charge in [-0.3, -0.25) is 10.8 Å². The minimum atomic E-state index is -0.0230. The highest BCUT2D eigenvalue weighted by molar-refractivity contribution is 5.75. The standard InChI is InChI=1S/C11H17N5/c1-8(12)15-6-9-2-4-10(5-3-9)7-16-11(13)14/h2-5H,6-7H2,1H3,(H2,12,15)(H4,13,14,16). The molecule has 0 radical (unpaired) electrons. The van der Waals surface area contributed by atoms with Crippen LogP contribution in [0.15, 0.2) is 24.3 Å². The lowest BCUT2D eigenvalue weighted by Crippen LogP contribution is -2.29. The minimum Gasteiger partial charge on any atom is -0.370 e. The summed E-state index contributed by atoms with van der Waals surface area (Å²) in [5.41, 5.74) is 7.39. The Labute approximate surface area is 95.1 Å². The molecule has 1 aromatic carbocycles. The quantitative estimate of drug-likeness (QED) is 0.382. The van der Waals surface area contributed by atoms with Crippen molar-refractivity contribution in [2.45, 2.75) is 20.0 Å². The van der Waals surface area contributed by atoms with Crippen LogP contribution in [0.25, 0.3) is 0 Å². The molecule has 1 rings (SSSR count). The molecule has 5 heteroatoms. The van der Waals surface area contributed by atoms with Gasteiger partial charge in [-0.1, -0.05) is 24.3 Å². The maximum Gasteiger partial charge on any atom is 0.185 e. The molecule has 0 bridgehead atoms. The number of benzene rings is 1. The van der Waals surface area contributed by atoms with Gasteiger partial charge in [0.2, 0.25) is 0 Å². The molecule has 0 saturated heterocycles. The second kappa shape index (κ2) is 5.75. The van der Waals surface area contributed by atoms with Gasteiger partial charge in [-0.05, 0) is 18.1 Å². The van der Waals surface area contributed by atoms with E-state index < -0.39 is 0 Å². The summed E-state index contributed by atoms with van der Waals surface area (Å²) in [5, 5.41) is 20.0. The fourth-order valence-corrected chi connectivity index (χ4v) is 1.21. The predicted molar refractivity (Wildman–Crippen MR) is 65.4 cm³/mol. The molecule has 0 atom stereocenters. The second-order valence-corrected chi connectivity index (χ2v) is 3.56. The first-order valence-electron chi connectivity index (χ1n) is 5.02. The van der Waals surface area contributed by atoms with Crippen LogP contribution in [0.5, 0.6) is 0 Å². The summed E-state index contributed by atoms with van der Waals surface area (Å²) in [7, 11) is 0. The number of guanidine groups is 1. The van der Waals surface area contributed by atoms with Crippen molar-refractivity contribution >= 4 is 11.8 Å². The molecule has 0 aliphatic heterocycles. The maximum absolute atomic E-state index is 7.24. The smallest absolute Gasteiger partial charge is 0.185 e. The van der Waals surface area contributed by atoms with E-state index in [4.69, 9.17) is 16.6 Å². The van der Waals surface area contributed by atoms with E-state index in [1.807, 2.05) is 24.3 Å². The number of rotatable bonds is 4. The van der Waals surface area contributed by atoms with Crippen molar-refractivity contribution in [3.05, 3.63) is 35.4 Å². The molecule has 5 nitrogen and oxygen atoms in total. The Hall–Kier alpha value is -2.04. The third kappa shape index (κ3) is 4.45. The average molecular weight is 219 g/mol. The van der Waals surface area contributed by atoms with Crippen LogP contribution < -0.4 is 16.4 Å². The summed E-state index contributed by atoms with van der Waals surface area (Å²) >= 11 is 0. The number of amidine groups is 1. The first kappa shape index (κ1) is 12.0. The Morgan fingerprint density at radius 2 is 1.50 bits per heavy atom. The average Bonchev–Trinajstić information content (AvgIpc) is 2.25. The Bertz CT molecular complexity index is 331. The fraction of sp³-hybridized carbons (Fsp3) is 0.273. The van der Waals surface area contributed by atoms with E-state index in [1.54, 1.807) is 6.92 Å². The number of hydrogen-bond acceptors (Lipinski definition) is 2. The van der Waals surface area contributed by atoms with Crippen LogP contribution >= 0.6 is 0 Å². The van der Waals surface area contributed by atoms with E-state index >= 15 is 0 Å². The van der Waals surface area contributed by atoms with Gasteiger partial charge in [0.05, 0.1) is 5.84 Å². The molecule has 6 N–H and O–H groups in total. The van der Waals surface area contributed by atoms with E-state index in [-0.39, 0.29) is 5.96 Å². The highest BCUT2D eigenvalue weighted by Gasteiger charge is 1.95. The predicted octanol–water partition coefficient (Wildman–Crippen LogP) is 0.756. The van der Waals surface area contributed by atoms with E-state index in [1.165, 1.54) is 0 Å². The highest BCUT2D eigenvalue weighted by Crippen LogP contribution is 2.03. The van der Waals surface area contributed by atoms with Crippen molar-refractivity contribution in [3.8, 4) is 0 Å². The summed E-state index contributed by atoms with van der Waals surface area (Å²) < 4.78 is 0. The summed E-state index contributed by atoms with van der Waals surface area (Å²) in [6, 6.07) is 7.94. The van der Waals surface area contributed by atoms with Crippen LogP contribution in [-0.2, 0) is 13.1 Å². The lowest BCUT2D eigenvalue weighted by Gasteiger charge is -2.06. The van der Waals surface area contributed by atoms with E-state index in [9.17, 15) is 0 Å². The van der Waals surface area contributed by atoms with Gasteiger partial charge in [-0.25, -0.2) is 0 Å². The van der Waals surface area contributed by atoms with Gasteiger partial charge in [0.1, 0.15) is 0 Å². The summed E-state index contributed by atoms with van der Waals surface area (Å²) in [6.45, 7) is 2.94. The van der Waals surface area contributed by atoms with Crippen molar-refractivity contribution in [1.29, 1.82) is 10.8 Å². The van der Waals surface area contributed by atoms with Crippen LogP contribution in [0.2, 0.25) is 0 Å². The minimum absolute atomic E-state index is 0.0230. The lowest BCUT2D eigenvalue weighted by molar-refractivity contribution is 0.882. The molecular formula is C11H17N5. The fourth-order valence-electron chi connectivity index (χ4n) is 1.21. The molecule has 0 spiro atoms. The Morgan fingerprint density at radius 3 is 1.88 bits per heavy atom. The molecule has 0 heterocycles. The topological polar surface area (TPSA) is 97.8 Å². The van der Waals surface area contributed by atoms with Crippen molar-refractivity contribution < 1.29 is 0 Å². The van der Waals surface area contributed by atoms with E-state index in [0.717, 1.165) is 11.1 Å².